The first kappa shape index (κ1) is 14.9. The zero-order valence-corrected chi connectivity index (χ0v) is 13.4. The molecule has 0 bridgehead atoms. The monoisotopic (exact) mass is 288 g/mol. The number of hydrogen-bond acceptors (Lipinski definition) is 3. The zero-order valence-electron chi connectivity index (χ0n) is 12.6. The van der Waals surface area contributed by atoms with E-state index >= 15 is 0 Å². The molecule has 1 atom stereocenters. The van der Waals surface area contributed by atoms with Crippen molar-refractivity contribution in [2.45, 2.75) is 31.0 Å². The van der Waals surface area contributed by atoms with Crippen LogP contribution in [0, 0.1) is 13.8 Å². The highest BCUT2D eigenvalue weighted by Crippen LogP contribution is 2.28. The van der Waals surface area contributed by atoms with Crippen LogP contribution in [-0.2, 0) is 4.79 Å². The molecule has 106 valence electrons. The Balaban J connectivity index is 2.37. The number of pyridine rings is 1. The van der Waals surface area contributed by atoms with Crippen LogP contribution in [0.25, 0.3) is 10.9 Å². The van der Waals surface area contributed by atoms with Gasteiger partial charge in [-0.15, -0.1) is 0 Å². The summed E-state index contributed by atoms with van der Waals surface area (Å²) in [5.74, 6) is 0.110. The van der Waals surface area contributed by atoms with Gasteiger partial charge in [-0.3, -0.25) is 4.79 Å². The second-order valence-electron chi connectivity index (χ2n) is 5.24. The molecular formula is C16H20N2OS. The predicted octanol–water partition coefficient (Wildman–Crippen LogP) is 3.42. The molecule has 0 aliphatic carbocycles. The van der Waals surface area contributed by atoms with Crippen molar-refractivity contribution in [2.24, 2.45) is 0 Å². The van der Waals surface area contributed by atoms with Gasteiger partial charge in [-0.2, -0.15) is 0 Å². The Morgan fingerprint density at radius 1 is 1.25 bits per heavy atom. The van der Waals surface area contributed by atoms with Crippen LogP contribution in [0.4, 0.5) is 0 Å². The second kappa shape index (κ2) is 5.83. The van der Waals surface area contributed by atoms with E-state index in [9.17, 15) is 4.79 Å². The molecule has 0 fully saturated rings. The van der Waals surface area contributed by atoms with Gasteiger partial charge in [0.15, 0.2) is 0 Å². The molecule has 4 heteroatoms. The van der Waals surface area contributed by atoms with Gasteiger partial charge in [-0.25, -0.2) is 4.98 Å². The minimum Gasteiger partial charge on any atom is -0.348 e. The molecule has 1 aromatic heterocycles. The van der Waals surface area contributed by atoms with E-state index in [0.29, 0.717) is 0 Å². The molecule has 20 heavy (non-hydrogen) atoms. The van der Waals surface area contributed by atoms with Crippen LogP contribution < -0.4 is 0 Å². The highest BCUT2D eigenvalue weighted by molar-refractivity contribution is 8.00. The molecule has 0 aliphatic rings. The molecule has 2 aromatic rings. The van der Waals surface area contributed by atoms with Crippen molar-refractivity contribution in [3.05, 3.63) is 35.4 Å². The number of nitrogens with zero attached hydrogens (tertiary/aromatic N) is 2. The fourth-order valence-corrected chi connectivity index (χ4v) is 3.25. The summed E-state index contributed by atoms with van der Waals surface area (Å²) in [5, 5.41) is 1.96. The third kappa shape index (κ3) is 2.96. The Kier molecular flexibility index (Phi) is 4.33. The Labute approximate surface area is 124 Å². The van der Waals surface area contributed by atoms with E-state index in [1.807, 2.05) is 6.92 Å². The lowest BCUT2D eigenvalue weighted by atomic mass is 10.1. The van der Waals surface area contributed by atoms with Crippen LogP contribution >= 0.6 is 11.8 Å². The molecule has 1 aromatic carbocycles. The van der Waals surface area contributed by atoms with Crippen LogP contribution in [0.15, 0.2) is 29.3 Å². The standard InChI is InChI=1S/C16H20N2OS/c1-10-7-6-8-13-11(2)9-14(17-15(10)13)20-12(3)16(19)18(4)5/h6-9,12H,1-5H3/t12-/m0/s1. The first-order chi connectivity index (χ1) is 9.40. The number of para-hydroxylation sites is 1. The lowest BCUT2D eigenvalue weighted by Crippen LogP contribution is -2.29. The summed E-state index contributed by atoms with van der Waals surface area (Å²) in [7, 11) is 3.56. The quantitative estimate of drug-likeness (QED) is 0.811. The van der Waals surface area contributed by atoms with Crippen molar-refractivity contribution in [1.29, 1.82) is 0 Å². The van der Waals surface area contributed by atoms with Crippen molar-refractivity contribution in [3.8, 4) is 0 Å². The van der Waals surface area contributed by atoms with Gasteiger partial charge in [-0.05, 0) is 38.0 Å². The molecule has 0 radical (unpaired) electrons. The molecule has 0 N–H and O–H groups in total. The molecule has 0 spiro atoms. The van der Waals surface area contributed by atoms with Crippen molar-refractivity contribution in [3.63, 3.8) is 0 Å². The van der Waals surface area contributed by atoms with Gasteiger partial charge in [0.05, 0.1) is 15.8 Å². The summed E-state index contributed by atoms with van der Waals surface area (Å²) in [5.41, 5.74) is 3.39. The number of hydrogen-bond donors (Lipinski definition) is 0. The molecule has 1 heterocycles. The first-order valence-corrected chi connectivity index (χ1v) is 7.53. The maximum Gasteiger partial charge on any atom is 0.235 e. The molecule has 0 saturated heterocycles. The summed E-state index contributed by atoms with van der Waals surface area (Å²) in [6.07, 6.45) is 0. The molecule has 0 aliphatic heterocycles. The van der Waals surface area contributed by atoms with Crippen LogP contribution in [0.3, 0.4) is 0 Å². The Hall–Kier alpha value is -1.55. The third-order valence-electron chi connectivity index (χ3n) is 3.31. The molecule has 0 unspecified atom stereocenters. The SMILES string of the molecule is Cc1cc(S[C@@H](C)C(=O)N(C)C)nc2c(C)cccc12. The number of fused-ring (bicyclic) bond motifs is 1. The zero-order chi connectivity index (χ0) is 14.9. The summed E-state index contributed by atoms with van der Waals surface area (Å²) in [4.78, 5) is 18.3. The number of rotatable bonds is 3. The maximum absolute atomic E-state index is 11.9. The van der Waals surface area contributed by atoms with E-state index in [1.165, 1.54) is 28.3 Å². The van der Waals surface area contributed by atoms with Crippen LogP contribution in [0.5, 0.6) is 0 Å². The van der Waals surface area contributed by atoms with Crippen LogP contribution in [-0.4, -0.2) is 35.1 Å². The van der Waals surface area contributed by atoms with Gasteiger partial charge in [0, 0.05) is 19.5 Å². The van der Waals surface area contributed by atoms with E-state index in [1.54, 1.807) is 19.0 Å². The number of aryl methyl sites for hydroxylation is 2. The number of thioether (sulfide) groups is 1. The Morgan fingerprint density at radius 2 is 1.95 bits per heavy atom. The van der Waals surface area contributed by atoms with E-state index in [-0.39, 0.29) is 11.2 Å². The number of amides is 1. The average Bonchev–Trinajstić information content (AvgIpc) is 2.39. The van der Waals surface area contributed by atoms with Gasteiger partial charge in [-0.1, -0.05) is 30.0 Å². The van der Waals surface area contributed by atoms with Gasteiger partial charge >= 0.3 is 0 Å². The minimum atomic E-state index is -0.127. The first-order valence-electron chi connectivity index (χ1n) is 6.65. The van der Waals surface area contributed by atoms with Crippen molar-refractivity contribution in [2.75, 3.05) is 14.1 Å². The van der Waals surface area contributed by atoms with Crippen LogP contribution in [0.1, 0.15) is 18.1 Å². The number of benzene rings is 1. The van der Waals surface area contributed by atoms with Crippen LogP contribution in [0.2, 0.25) is 0 Å². The number of carbonyl (C=O) groups excluding carboxylic acids is 1. The van der Waals surface area contributed by atoms with Crippen molar-refractivity contribution < 1.29 is 4.79 Å². The molecule has 1 amide bonds. The summed E-state index contributed by atoms with van der Waals surface area (Å²) < 4.78 is 0. The normalized spacial score (nSPS) is 12.4. The molecule has 3 nitrogen and oxygen atoms in total. The highest BCUT2D eigenvalue weighted by atomic mass is 32.2. The predicted molar refractivity (Wildman–Crippen MR) is 85.2 cm³/mol. The molecule has 2 rings (SSSR count). The Morgan fingerprint density at radius 3 is 2.60 bits per heavy atom. The van der Waals surface area contributed by atoms with E-state index in [0.717, 1.165) is 10.5 Å². The lowest BCUT2D eigenvalue weighted by Gasteiger charge is -2.16. The average molecular weight is 288 g/mol. The number of aromatic nitrogens is 1. The van der Waals surface area contributed by atoms with E-state index in [4.69, 9.17) is 4.98 Å². The fraction of sp³-hybridized carbons (Fsp3) is 0.375. The van der Waals surface area contributed by atoms with Gasteiger partial charge in [0.1, 0.15) is 0 Å². The van der Waals surface area contributed by atoms with E-state index in [2.05, 4.69) is 38.1 Å². The third-order valence-corrected chi connectivity index (χ3v) is 4.32. The fourth-order valence-electron chi connectivity index (χ4n) is 2.19. The lowest BCUT2D eigenvalue weighted by molar-refractivity contribution is -0.127. The highest BCUT2D eigenvalue weighted by Gasteiger charge is 2.17. The summed E-state index contributed by atoms with van der Waals surface area (Å²) in [6, 6.07) is 8.27. The van der Waals surface area contributed by atoms with Gasteiger partial charge in [0.25, 0.3) is 0 Å². The maximum atomic E-state index is 11.9. The minimum absolute atomic E-state index is 0.110. The van der Waals surface area contributed by atoms with Gasteiger partial charge < -0.3 is 4.90 Å². The smallest absolute Gasteiger partial charge is 0.235 e. The van der Waals surface area contributed by atoms with Crippen molar-refractivity contribution >= 4 is 28.6 Å². The number of carbonyl (C=O) groups is 1. The van der Waals surface area contributed by atoms with E-state index < -0.39 is 0 Å². The van der Waals surface area contributed by atoms with Gasteiger partial charge in [0.2, 0.25) is 5.91 Å². The Bertz CT molecular complexity index is 652. The van der Waals surface area contributed by atoms with Crippen molar-refractivity contribution in [1.82, 2.24) is 9.88 Å². The summed E-state index contributed by atoms with van der Waals surface area (Å²) in [6.45, 7) is 6.08. The summed E-state index contributed by atoms with van der Waals surface area (Å²) >= 11 is 1.52. The second-order valence-corrected chi connectivity index (χ2v) is 6.60. The largest absolute Gasteiger partial charge is 0.348 e. The molecular weight excluding hydrogens is 268 g/mol. The molecule has 0 saturated carbocycles. The topological polar surface area (TPSA) is 33.2 Å².